The highest BCUT2D eigenvalue weighted by atomic mass is 16.8. The third kappa shape index (κ3) is 5.34. The second-order valence-corrected chi connectivity index (χ2v) is 7.64. The lowest BCUT2D eigenvalue weighted by atomic mass is 9.99. The number of ether oxygens (including phenoxy) is 6. The molecule has 2 unspecified atom stereocenters. The largest absolute Gasteiger partial charge is 0.462 e. The van der Waals surface area contributed by atoms with Crippen LogP contribution in [-0.2, 0) is 38.0 Å². The minimum absolute atomic E-state index is 0.162. The molecule has 0 bridgehead atoms. The molecule has 2 aliphatic heterocycles. The van der Waals surface area contributed by atoms with E-state index in [0.717, 1.165) is 11.1 Å². The van der Waals surface area contributed by atoms with Gasteiger partial charge >= 0.3 is 11.9 Å². The smallest absolute Gasteiger partial charge is 0.303 e. The van der Waals surface area contributed by atoms with E-state index in [1.54, 1.807) is 0 Å². The maximum Gasteiger partial charge on any atom is 0.303 e. The van der Waals surface area contributed by atoms with Gasteiger partial charge in [0.25, 0.3) is 0 Å². The highest BCUT2D eigenvalue weighted by Gasteiger charge is 2.49. The summed E-state index contributed by atoms with van der Waals surface area (Å²) in [6.07, 6.45) is -4.08. The van der Waals surface area contributed by atoms with E-state index in [1.165, 1.54) is 13.8 Å². The van der Waals surface area contributed by atoms with E-state index in [2.05, 4.69) is 0 Å². The van der Waals surface area contributed by atoms with Gasteiger partial charge in [0.15, 0.2) is 18.7 Å². The topological polar surface area (TPSA) is 89.5 Å². The van der Waals surface area contributed by atoms with E-state index in [4.69, 9.17) is 28.4 Å². The fraction of sp³-hybridized carbons (Fsp3) is 0.417. The van der Waals surface area contributed by atoms with Crippen molar-refractivity contribution >= 4 is 11.9 Å². The number of esters is 2. The van der Waals surface area contributed by atoms with Crippen LogP contribution < -0.4 is 0 Å². The van der Waals surface area contributed by atoms with Crippen LogP contribution in [0.4, 0.5) is 0 Å². The van der Waals surface area contributed by atoms with Crippen LogP contribution in [0, 0.1) is 0 Å². The average molecular weight is 442 g/mol. The van der Waals surface area contributed by atoms with Crippen molar-refractivity contribution in [3.63, 3.8) is 0 Å². The number of fused-ring (bicyclic) bond motifs is 1. The van der Waals surface area contributed by atoms with Crippen molar-refractivity contribution in [3.8, 4) is 0 Å². The Bertz CT molecular complexity index is 903. The summed E-state index contributed by atoms with van der Waals surface area (Å²) in [6.45, 7) is 2.68. The van der Waals surface area contributed by atoms with Gasteiger partial charge in [-0.3, -0.25) is 9.59 Å². The molecule has 0 aromatic heterocycles. The SMILES string of the molecule is CC(=O)OC[C@@H](OC(C)=O)[C@H]1OC(c2ccccc2)O[C@H]2COC(c3ccccc3)O[C@@H]12. The Morgan fingerprint density at radius 2 is 1.50 bits per heavy atom. The second kappa shape index (κ2) is 10.2. The molecule has 0 saturated carbocycles. The highest BCUT2D eigenvalue weighted by molar-refractivity contribution is 5.67. The standard InChI is InChI=1S/C24H26O8/c1-15(25)27-13-19(29-16(2)26)21-22-20(30-24(32-21)18-11-7-4-8-12-18)14-28-23(31-22)17-9-5-3-6-10-17/h3-12,19-24H,13-14H2,1-2H3/t19-,20+,21-,22-,23?,24?/m1/s1. The van der Waals surface area contributed by atoms with Gasteiger partial charge in [0.2, 0.25) is 0 Å². The highest BCUT2D eigenvalue weighted by Crippen LogP contribution is 2.39. The van der Waals surface area contributed by atoms with Crippen molar-refractivity contribution in [2.75, 3.05) is 13.2 Å². The number of carbonyl (C=O) groups is 2. The maximum atomic E-state index is 11.8. The predicted octanol–water partition coefficient (Wildman–Crippen LogP) is 3.08. The first-order chi connectivity index (χ1) is 15.5. The zero-order chi connectivity index (χ0) is 22.5. The van der Waals surface area contributed by atoms with Crippen molar-refractivity contribution in [3.05, 3.63) is 71.8 Å². The molecule has 170 valence electrons. The summed E-state index contributed by atoms with van der Waals surface area (Å²) in [5.74, 6) is -1.00. The summed E-state index contributed by atoms with van der Waals surface area (Å²) in [5.41, 5.74) is 1.65. The molecule has 0 radical (unpaired) electrons. The summed E-state index contributed by atoms with van der Waals surface area (Å²) in [5, 5.41) is 0. The third-order valence-corrected chi connectivity index (χ3v) is 5.24. The van der Waals surface area contributed by atoms with Crippen molar-refractivity contribution in [2.24, 2.45) is 0 Å². The molecule has 2 heterocycles. The lowest BCUT2D eigenvalue weighted by molar-refractivity contribution is -0.373. The number of hydrogen-bond acceptors (Lipinski definition) is 8. The van der Waals surface area contributed by atoms with Gasteiger partial charge in [-0.15, -0.1) is 0 Å². The number of benzene rings is 2. The number of carbonyl (C=O) groups excluding carboxylic acids is 2. The monoisotopic (exact) mass is 442 g/mol. The van der Waals surface area contributed by atoms with E-state index in [-0.39, 0.29) is 13.2 Å². The first-order valence-electron chi connectivity index (χ1n) is 10.5. The van der Waals surface area contributed by atoms with Crippen molar-refractivity contribution in [1.82, 2.24) is 0 Å². The fourth-order valence-electron chi connectivity index (χ4n) is 3.82. The lowest BCUT2D eigenvalue weighted by Gasteiger charge is -2.47. The second-order valence-electron chi connectivity index (χ2n) is 7.64. The Morgan fingerprint density at radius 1 is 0.875 bits per heavy atom. The zero-order valence-electron chi connectivity index (χ0n) is 17.9. The minimum atomic E-state index is -0.881. The normalized spacial score (nSPS) is 28.2. The molecule has 2 saturated heterocycles. The molecule has 2 aromatic rings. The van der Waals surface area contributed by atoms with E-state index in [9.17, 15) is 9.59 Å². The van der Waals surface area contributed by atoms with Crippen LogP contribution in [0.5, 0.6) is 0 Å². The van der Waals surface area contributed by atoms with E-state index >= 15 is 0 Å². The zero-order valence-corrected chi connectivity index (χ0v) is 17.9. The third-order valence-electron chi connectivity index (χ3n) is 5.24. The summed E-state index contributed by atoms with van der Waals surface area (Å²) >= 11 is 0. The molecular formula is C24H26O8. The lowest BCUT2D eigenvalue weighted by Crippen LogP contribution is -2.59. The Hall–Kier alpha value is -2.78. The Morgan fingerprint density at radius 3 is 2.09 bits per heavy atom. The minimum Gasteiger partial charge on any atom is -0.462 e. The van der Waals surface area contributed by atoms with Crippen molar-refractivity contribution < 1.29 is 38.0 Å². The molecule has 0 N–H and O–H groups in total. The quantitative estimate of drug-likeness (QED) is 0.631. The van der Waals surface area contributed by atoms with Gasteiger partial charge in [0, 0.05) is 25.0 Å². The first kappa shape index (κ1) is 22.4. The molecule has 6 atom stereocenters. The summed E-state index contributed by atoms with van der Waals surface area (Å²) in [4.78, 5) is 23.3. The molecule has 8 nitrogen and oxygen atoms in total. The van der Waals surface area contributed by atoms with Gasteiger partial charge in [-0.1, -0.05) is 60.7 Å². The molecule has 2 aliphatic rings. The number of rotatable bonds is 6. The molecule has 8 heteroatoms. The summed E-state index contributed by atoms with van der Waals surface area (Å²) < 4.78 is 35.2. The summed E-state index contributed by atoms with van der Waals surface area (Å²) in [6, 6.07) is 18.9. The summed E-state index contributed by atoms with van der Waals surface area (Å²) in [7, 11) is 0. The maximum absolute atomic E-state index is 11.8. The van der Waals surface area contributed by atoms with Gasteiger partial charge in [0.1, 0.15) is 24.9 Å². The predicted molar refractivity (Wildman–Crippen MR) is 111 cm³/mol. The van der Waals surface area contributed by atoms with Crippen LogP contribution in [0.15, 0.2) is 60.7 Å². The van der Waals surface area contributed by atoms with Gasteiger partial charge in [-0.05, 0) is 0 Å². The van der Waals surface area contributed by atoms with Gasteiger partial charge in [-0.25, -0.2) is 0 Å². The number of hydrogen-bond donors (Lipinski definition) is 0. The molecular weight excluding hydrogens is 416 g/mol. The van der Waals surface area contributed by atoms with Crippen LogP contribution in [0.2, 0.25) is 0 Å². The Balaban J connectivity index is 1.62. The van der Waals surface area contributed by atoms with Crippen LogP contribution in [0.25, 0.3) is 0 Å². The fourth-order valence-corrected chi connectivity index (χ4v) is 3.82. The van der Waals surface area contributed by atoms with Crippen LogP contribution in [-0.4, -0.2) is 49.6 Å². The van der Waals surface area contributed by atoms with E-state index in [0.29, 0.717) is 0 Å². The average Bonchev–Trinajstić information content (AvgIpc) is 2.81. The Kier molecular flexibility index (Phi) is 7.16. The molecule has 0 amide bonds. The Labute approximate surface area is 186 Å². The molecule has 0 spiro atoms. The van der Waals surface area contributed by atoms with E-state index in [1.807, 2.05) is 60.7 Å². The van der Waals surface area contributed by atoms with Gasteiger partial charge in [-0.2, -0.15) is 0 Å². The van der Waals surface area contributed by atoms with Crippen LogP contribution >= 0.6 is 0 Å². The van der Waals surface area contributed by atoms with E-state index < -0.39 is 48.9 Å². The van der Waals surface area contributed by atoms with Crippen LogP contribution in [0.3, 0.4) is 0 Å². The van der Waals surface area contributed by atoms with Crippen LogP contribution in [0.1, 0.15) is 37.6 Å². The van der Waals surface area contributed by atoms with Crippen molar-refractivity contribution in [2.45, 2.75) is 50.8 Å². The molecule has 4 rings (SSSR count). The van der Waals surface area contributed by atoms with Crippen molar-refractivity contribution in [1.29, 1.82) is 0 Å². The van der Waals surface area contributed by atoms with Gasteiger partial charge < -0.3 is 28.4 Å². The molecule has 2 fully saturated rings. The molecule has 2 aromatic carbocycles. The molecule has 32 heavy (non-hydrogen) atoms. The molecule has 0 aliphatic carbocycles. The first-order valence-corrected chi connectivity index (χ1v) is 10.5. The van der Waals surface area contributed by atoms with Gasteiger partial charge in [0.05, 0.1) is 6.61 Å².